The Morgan fingerprint density at radius 3 is 2.64 bits per heavy atom. The van der Waals surface area contributed by atoms with Gasteiger partial charge >= 0.3 is 0 Å². The zero-order chi connectivity index (χ0) is 19.3. The normalized spacial score (nSPS) is 14.9. The molecule has 0 saturated carbocycles. The molecule has 2 aromatic heterocycles. The molecular formula is C22H19ClFN3O. The van der Waals surface area contributed by atoms with Crippen LogP contribution in [0.4, 0.5) is 10.1 Å². The lowest BCUT2D eigenvalue weighted by Crippen LogP contribution is -2.36. The van der Waals surface area contributed by atoms with Crippen molar-refractivity contribution in [2.45, 2.75) is 6.92 Å². The van der Waals surface area contributed by atoms with Crippen molar-refractivity contribution in [1.82, 2.24) is 9.97 Å². The number of rotatable bonds is 2. The molecule has 1 aliphatic heterocycles. The van der Waals surface area contributed by atoms with Crippen LogP contribution in [0.25, 0.3) is 32.9 Å². The van der Waals surface area contributed by atoms with Crippen LogP contribution in [0.1, 0.15) is 5.69 Å². The molecule has 4 aromatic rings. The first kappa shape index (κ1) is 17.5. The molecule has 1 aliphatic rings. The highest BCUT2D eigenvalue weighted by Crippen LogP contribution is 2.41. The molecule has 1 saturated heterocycles. The maximum atomic E-state index is 14.5. The van der Waals surface area contributed by atoms with Gasteiger partial charge < -0.3 is 14.6 Å². The van der Waals surface area contributed by atoms with Gasteiger partial charge in [0.05, 0.1) is 40.7 Å². The number of aromatic nitrogens is 2. The molecule has 6 heteroatoms. The number of ether oxygens (including phenoxy) is 1. The predicted molar refractivity (Wildman–Crippen MR) is 112 cm³/mol. The number of benzene rings is 2. The Hall–Kier alpha value is -2.63. The van der Waals surface area contributed by atoms with Gasteiger partial charge in [-0.05, 0) is 19.1 Å². The summed E-state index contributed by atoms with van der Waals surface area (Å²) >= 11 is 6.82. The third-order valence-electron chi connectivity index (χ3n) is 5.43. The number of anilines is 1. The van der Waals surface area contributed by atoms with Crippen LogP contribution in [0.5, 0.6) is 0 Å². The van der Waals surface area contributed by atoms with E-state index in [-0.39, 0.29) is 5.82 Å². The SMILES string of the molecule is Cc1ncc(-c2ccccc2F)c2c1[nH]c1c(Cl)c(N3CCOCC3)ccc12. The second-order valence-corrected chi connectivity index (χ2v) is 7.41. The number of fused-ring (bicyclic) bond motifs is 3. The highest BCUT2D eigenvalue weighted by atomic mass is 35.5. The van der Waals surface area contributed by atoms with Gasteiger partial charge in [-0.3, -0.25) is 4.98 Å². The molecule has 0 atom stereocenters. The molecular weight excluding hydrogens is 377 g/mol. The Morgan fingerprint density at radius 2 is 1.86 bits per heavy atom. The zero-order valence-corrected chi connectivity index (χ0v) is 16.2. The summed E-state index contributed by atoms with van der Waals surface area (Å²) in [4.78, 5) is 10.2. The van der Waals surface area contributed by atoms with Gasteiger partial charge in [0.15, 0.2) is 0 Å². The molecule has 5 rings (SSSR count). The molecule has 0 unspecified atom stereocenters. The van der Waals surface area contributed by atoms with E-state index in [1.165, 1.54) is 6.07 Å². The van der Waals surface area contributed by atoms with Gasteiger partial charge in [0.1, 0.15) is 5.82 Å². The number of aryl methyl sites for hydroxylation is 1. The molecule has 1 fully saturated rings. The van der Waals surface area contributed by atoms with Crippen molar-refractivity contribution in [1.29, 1.82) is 0 Å². The molecule has 3 heterocycles. The van der Waals surface area contributed by atoms with Crippen molar-refractivity contribution >= 4 is 39.1 Å². The fraction of sp³-hybridized carbons (Fsp3) is 0.227. The van der Waals surface area contributed by atoms with Crippen LogP contribution in [-0.2, 0) is 4.74 Å². The summed E-state index contributed by atoms with van der Waals surface area (Å²) in [6.07, 6.45) is 1.74. The first-order chi connectivity index (χ1) is 13.6. The number of H-pyrrole nitrogens is 1. The molecule has 0 spiro atoms. The smallest absolute Gasteiger partial charge is 0.131 e. The van der Waals surface area contributed by atoms with Crippen LogP contribution in [0.2, 0.25) is 5.02 Å². The summed E-state index contributed by atoms with van der Waals surface area (Å²) < 4.78 is 20.0. The molecule has 28 heavy (non-hydrogen) atoms. The first-order valence-electron chi connectivity index (χ1n) is 9.32. The largest absolute Gasteiger partial charge is 0.378 e. The van der Waals surface area contributed by atoms with Gasteiger partial charge in [-0.15, -0.1) is 0 Å². The van der Waals surface area contributed by atoms with Crippen LogP contribution in [-0.4, -0.2) is 36.3 Å². The van der Waals surface area contributed by atoms with Crippen molar-refractivity contribution in [3.63, 3.8) is 0 Å². The molecule has 4 nitrogen and oxygen atoms in total. The second-order valence-electron chi connectivity index (χ2n) is 7.03. The summed E-state index contributed by atoms with van der Waals surface area (Å²) in [5.74, 6) is -0.264. The fourth-order valence-electron chi connectivity index (χ4n) is 3.99. The van der Waals surface area contributed by atoms with Crippen LogP contribution in [0.3, 0.4) is 0 Å². The topological polar surface area (TPSA) is 41.2 Å². The Labute approximate surface area is 166 Å². The van der Waals surface area contributed by atoms with Gasteiger partial charge in [-0.1, -0.05) is 35.9 Å². The average Bonchev–Trinajstić information content (AvgIpc) is 3.12. The molecule has 142 valence electrons. The van der Waals surface area contributed by atoms with Crippen LogP contribution in [0, 0.1) is 12.7 Å². The number of halogens is 2. The minimum absolute atomic E-state index is 0.264. The average molecular weight is 396 g/mol. The Kier molecular flexibility index (Phi) is 4.22. The van der Waals surface area contributed by atoms with E-state index in [1.807, 2.05) is 19.1 Å². The van der Waals surface area contributed by atoms with E-state index < -0.39 is 0 Å². The Bertz CT molecular complexity index is 1200. The third-order valence-corrected chi connectivity index (χ3v) is 5.81. The van der Waals surface area contributed by atoms with E-state index in [1.54, 1.807) is 18.3 Å². The van der Waals surface area contributed by atoms with Gasteiger partial charge in [-0.2, -0.15) is 0 Å². The number of hydrogen-bond donors (Lipinski definition) is 1. The number of pyridine rings is 1. The Morgan fingerprint density at radius 1 is 1.07 bits per heavy atom. The standard InChI is InChI=1S/C22H19ClFN3O/c1-13-21-19(16(12-25-13)14-4-2-3-5-17(14)24)15-6-7-18(20(23)22(15)26-21)27-8-10-28-11-9-27/h2-7,12,26H,8-11H2,1H3. The van der Waals surface area contributed by atoms with E-state index in [0.29, 0.717) is 23.8 Å². The molecule has 1 N–H and O–H groups in total. The highest BCUT2D eigenvalue weighted by Gasteiger charge is 2.21. The van der Waals surface area contributed by atoms with E-state index >= 15 is 0 Å². The lowest BCUT2D eigenvalue weighted by Gasteiger charge is -2.29. The third kappa shape index (κ3) is 2.65. The molecule has 0 bridgehead atoms. The van der Waals surface area contributed by atoms with Crippen molar-refractivity contribution in [3.05, 3.63) is 59.1 Å². The number of hydrogen-bond acceptors (Lipinski definition) is 3. The van der Waals surface area contributed by atoms with Crippen molar-refractivity contribution < 1.29 is 9.13 Å². The highest BCUT2D eigenvalue weighted by molar-refractivity contribution is 6.39. The van der Waals surface area contributed by atoms with Gasteiger partial charge in [0, 0.05) is 41.2 Å². The lowest BCUT2D eigenvalue weighted by atomic mass is 10.00. The summed E-state index contributed by atoms with van der Waals surface area (Å²) in [6.45, 7) is 4.96. The van der Waals surface area contributed by atoms with E-state index in [4.69, 9.17) is 16.3 Å². The van der Waals surface area contributed by atoms with Crippen molar-refractivity contribution in [2.75, 3.05) is 31.2 Å². The summed E-state index contributed by atoms with van der Waals surface area (Å²) in [6, 6.07) is 10.9. The molecule has 0 aliphatic carbocycles. The van der Waals surface area contributed by atoms with E-state index in [0.717, 1.165) is 51.8 Å². The van der Waals surface area contributed by atoms with Gasteiger partial charge in [0.25, 0.3) is 0 Å². The monoisotopic (exact) mass is 395 g/mol. The Balaban J connectivity index is 1.79. The van der Waals surface area contributed by atoms with Gasteiger partial charge in [0.2, 0.25) is 0 Å². The summed E-state index contributed by atoms with van der Waals surface area (Å²) in [5, 5.41) is 2.60. The fourth-order valence-corrected chi connectivity index (χ4v) is 4.32. The lowest BCUT2D eigenvalue weighted by molar-refractivity contribution is 0.122. The minimum Gasteiger partial charge on any atom is -0.378 e. The summed E-state index contributed by atoms with van der Waals surface area (Å²) in [5.41, 5.74) is 4.89. The maximum absolute atomic E-state index is 14.5. The quantitative estimate of drug-likeness (QED) is 0.499. The first-order valence-corrected chi connectivity index (χ1v) is 9.70. The van der Waals surface area contributed by atoms with Crippen molar-refractivity contribution in [3.8, 4) is 11.1 Å². The van der Waals surface area contributed by atoms with E-state index in [9.17, 15) is 4.39 Å². The van der Waals surface area contributed by atoms with Crippen LogP contribution >= 0.6 is 11.6 Å². The number of nitrogens with one attached hydrogen (secondary N) is 1. The van der Waals surface area contributed by atoms with Crippen LogP contribution in [0.15, 0.2) is 42.6 Å². The number of nitrogens with zero attached hydrogens (tertiary/aromatic N) is 2. The zero-order valence-electron chi connectivity index (χ0n) is 15.4. The summed E-state index contributed by atoms with van der Waals surface area (Å²) in [7, 11) is 0. The van der Waals surface area contributed by atoms with Crippen molar-refractivity contribution in [2.24, 2.45) is 0 Å². The van der Waals surface area contributed by atoms with Crippen LogP contribution < -0.4 is 4.90 Å². The number of aromatic amines is 1. The maximum Gasteiger partial charge on any atom is 0.131 e. The molecule has 2 aromatic carbocycles. The predicted octanol–water partition coefficient (Wildman–Crippen LogP) is 5.32. The van der Waals surface area contributed by atoms with Gasteiger partial charge in [-0.25, -0.2) is 4.39 Å². The molecule has 0 amide bonds. The second kappa shape index (κ2) is 6.76. The molecule has 0 radical (unpaired) electrons. The minimum atomic E-state index is -0.264. The van der Waals surface area contributed by atoms with E-state index in [2.05, 4.69) is 20.9 Å². The number of morpholine rings is 1.